The third-order valence-electron chi connectivity index (χ3n) is 4.65. The van der Waals surface area contributed by atoms with E-state index in [0.717, 1.165) is 11.4 Å². The van der Waals surface area contributed by atoms with Crippen molar-refractivity contribution in [2.24, 2.45) is 0 Å². The lowest BCUT2D eigenvalue weighted by atomic mass is 10.2. The first kappa shape index (κ1) is 17.4. The summed E-state index contributed by atoms with van der Waals surface area (Å²) < 4.78 is 15.7. The number of hydrogen-bond donors (Lipinski definition) is 2. The van der Waals surface area contributed by atoms with Crippen molar-refractivity contribution in [3.05, 3.63) is 48.3 Å². The number of imidazole rings is 1. The van der Waals surface area contributed by atoms with Gasteiger partial charge in [0.25, 0.3) is 5.91 Å². The van der Waals surface area contributed by atoms with Gasteiger partial charge in [-0.2, -0.15) is 0 Å². The number of fused-ring (bicyclic) bond motifs is 1. The maximum Gasteiger partial charge on any atom is 0.253 e. The molecule has 1 saturated heterocycles. The fourth-order valence-electron chi connectivity index (χ4n) is 3.20. The van der Waals surface area contributed by atoms with Crippen LogP contribution in [-0.2, 0) is 0 Å². The Morgan fingerprint density at radius 3 is 2.93 bits per heavy atom. The third kappa shape index (κ3) is 3.35. The minimum absolute atomic E-state index is 0.0719. The number of hydrogen-bond acceptors (Lipinski definition) is 5. The number of nitrogens with one attached hydrogen (secondary N) is 2. The van der Waals surface area contributed by atoms with Gasteiger partial charge < -0.3 is 15.5 Å². The topological polar surface area (TPSA) is 74.6 Å². The average molecular weight is 368 g/mol. The van der Waals surface area contributed by atoms with Crippen molar-refractivity contribution in [2.75, 3.05) is 32.5 Å². The van der Waals surface area contributed by atoms with E-state index in [-0.39, 0.29) is 11.9 Å². The van der Waals surface area contributed by atoms with Crippen LogP contribution in [0.3, 0.4) is 0 Å². The predicted molar refractivity (Wildman–Crippen MR) is 102 cm³/mol. The predicted octanol–water partition coefficient (Wildman–Crippen LogP) is 1.82. The van der Waals surface area contributed by atoms with E-state index in [1.807, 2.05) is 28.8 Å². The zero-order valence-corrected chi connectivity index (χ0v) is 15.2. The Kier molecular flexibility index (Phi) is 4.49. The summed E-state index contributed by atoms with van der Waals surface area (Å²) in [7, 11) is 3.43. The molecule has 2 atom stereocenters. The normalized spacial score (nSPS) is 19.4. The number of amides is 1. The highest BCUT2D eigenvalue weighted by Crippen LogP contribution is 2.22. The van der Waals surface area contributed by atoms with Gasteiger partial charge in [-0.1, -0.05) is 6.07 Å². The summed E-state index contributed by atoms with van der Waals surface area (Å²) in [6, 6.07) is 8.82. The van der Waals surface area contributed by atoms with Gasteiger partial charge in [0.2, 0.25) is 0 Å². The van der Waals surface area contributed by atoms with Crippen LogP contribution in [0.5, 0.6) is 0 Å². The largest absolute Gasteiger partial charge is 0.363 e. The van der Waals surface area contributed by atoms with Gasteiger partial charge in [0.1, 0.15) is 17.6 Å². The van der Waals surface area contributed by atoms with Crippen molar-refractivity contribution in [1.82, 2.24) is 24.6 Å². The van der Waals surface area contributed by atoms with Gasteiger partial charge in [-0.15, -0.1) is 0 Å². The second kappa shape index (κ2) is 6.96. The molecular formula is C19H21FN6O. The summed E-state index contributed by atoms with van der Waals surface area (Å²) >= 11 is 0. The molecule has 1 aliphatic heterocycles. The van der Waals surface area contributed by atoms with Crippen LogP contribution in [-0.4, -0.2) is 64.6 Å². The number of carbonyl (C=O) groups excluding carboxylic acids is 1. The first-order chi connectivity index (χ1) is 13.0. The van der Waals surface area contributed by atoms with Crippen LogP contribution < -0.4 is 10.6 Å². The highest BCUT2D eigenvalue weighted by molar-refractivity contribution is 5.94. The highest BCUT2D eigenvalue weighted by Gasteiger charge is 2.26. The summed E-state index contributed by atoms with van der Waals surface area (Å²) in [6.07, 6.45) is 2.61. The van der Waals surface area contributed by atoms with Crippen LogP contribution >= 0.6 is 0 Å². The molecule has 0 aliphatic carbocycles. The van der Waals surface area contributed by atoms with Gasteiger partial charge in [0.15, 0.2) is 0 Å². The average Bonchev–Trinajstić information content (AvgIpc) is 3.27. The van der Waals surface area contributed by atoms with E-state index < -0.39 is 6.17 Å². The Labute approximate surface area is 156 Å². The number of aromatic nitrogens is 3. The zero-order valence-electron chi connectivity index (χ0n) is 15.2. The number of halogens is 1. The summed E-state index contributed by atoms with van der Waals surface area (Å²) in [5, 5.41) is 6.17. The van der Waals surface area contributed by atoms with Gasteiger partial charge in [-0.3, -0.25) is 9.20 Å². The molecular weight excluding hydrogens is 347 g/mol. The molecule has 0 unspecified atom stereocenters. The molecule has 2 N–H and O–H groups in total. The molecule has 4 heterocycles. The molecule has 0 bridgehead atoms. The van der Waals surface area contributed by atoms with Crippen molar-refractivity contribution in [2.45, 2.75) is 12.2 Å². The lowest BCUT2D eigenvalue weighted by molar-refractivity contribution is 0.0827. The molecule has 0 spiro atoms. The van der Waals surface area contributed by atoms with Crippen molar-refractivity contribution in [1.29, 1.82) is 0 Å². The summed E-state index contributed by atoms with van der Waals surface area (Å²) in [5.74, 6) is 0.551. The molecule has 0 saturated carbocycles. The van der Waals surface area contributed by atoms with E-state index in [1.54, 1.807) is 32.4 Å². The molecule has 27 heavy (non-hydrogen) atoms. The summed E-state index contributed by atoms with van der Waals surface area (Å²) in [4.78, 5) is 22.7. The van der Waals surface area contributed by atoms with E-state index in [1.165, 1.54) is 4.90 Å². The van der Waals surface area contributed by atoms with Gasteiger partial charge in [-0.25, -0.2) is 14.4 Å². The molecule has 1 amide bonds. The van der Waals surface area contributed by atoms with E-state index in [9.17, 15) is 9.18 Å². The molecule has 3 aromatic rings. The molecule has 1 aliphatic rings. The van der Waals surface area contributed by atoms with Crippen LogP contribution in [0, 0.1) is 0 Å². The van der Waals surface area contributed by atoms with Crippen LogP contribution in [0.2, 0.25) is 0 Å². The minimum Gasteiger partial charge on any atom is -0.363 e. The van der Waals surface area contributed by atoms with Crippen molar-refractivity contribution in [3.63, 3.8) is 0 Å². The Balaban J connectivity index is 1.64. The molecule has 7 nitrogen and oxygen atoms in total. The van der Waals surface area contributed by atoms with Crippen LogP contribution in [0.4, 0.5) is 10.2 Å². The van der Waals surface area contributed by atoms with Crippen LogP contribution in [0.25, 0.3) is 17.0 Å². The standard InChI is InChI=1S/C19H21FN6O/c1-25(2)19(27)12-6-7-26-16(11-22-18(26)8-12)14-4-3-5-17(23-14)24-15-10-21-9-13(15)20/h3-8,11,13,15,21H,9-10H2,1-2H3,(H,23,24)/t13-,15-/m0/s1. The molecule has 4 rings (SSSR count). The van der Waals surface area contributed by atoms with Gasteiger partial charge in [0, 0.05) is 38.9 Å². The number of pyridine rings is 2. The fraction of sp³-hybridized carbons (Fsp3) is 0.316. The third-order valence-corrected chi connectivity index (χ3v) is 4.65. The second-order valence-corrected chi connectivity index (χ2v) is 6.82. The fourth-order valence-corrected chi connectivity index (χ4v) is 3.20. The first-order valence-corrected chi connectivity index (χ1v) is 8.80. The molecule has 140 valence electrons. The molecule has 1 fully saturated rings. The monoisotopic (exact) mass is 368 g/mol. The summed E-state index contributed by atoms with van der Waals surface area (Å²) in [5.41, 5.74) is 2.77. The SMILES string of the molecule is CN(C)C(=O)c1ccn2c(-c3cccc(N[C@H]4CNC[C@@H]4F)n3)cnc2c1. The molecule has 3 aromatic heterocycles. The number of carbonyl (C=O) groups is 1. The second-order valence-electron chi connectivity index (χ2n) is 6.82. The Morgan fingerprint density at radius 2 is 2.19 bits per heavy atom. The number of anilines is 1. The zero-order chi connectivity index (χ0) is 19.0. The maximum absolute atomic E-state index is 13.8. The minimum atomic E-state index is -0.932. The first-order valence-electron chi connectivity index (χ1n) is 8.80. The van der Waals surface area contributed by atoms with E-state index in [0.29, 0.717) is 30.1 Å². The molecule has 0 aromatic carbocycles. The maximum atomic E-state index is 13.8. The van der Waals surface area contributed by atoms with Crippen LogP contribution in [0.15, 0.2) is 42.7 Å². The number of nitrogens with zero attached hydrogens (tertiary/aromatic N) is 4. The quantitative estimate of drug-likeness (QED) is 0.735. The molecule has 0 radical (unpaired) electrons. The lowest BCUT2D eigenvalue weighted by Crippen LogP contribution is -2.29. The number of alkyl halides is 1. The van der Waals surface area contributed by atoms with Crippen molar-refractivity contribution in [3.8, 4) is 11.4 Å². The van der Waals surface area contributed by atoms with Gasteiger partial charge in [0.05, 0.1) is 23.6 Å². The van der Waals surface area contributed by atoms with Crippen molar-refractivity contribution >= 4 is 17.4 Å². The smallest absolute Gasteiger partial charge is 0.253 e. The van der Waals surface area contributed by atoms with Crippen LogP contribution in [0.1, 0.15) is 10.4 Å². The molecule has 8 heteroatoms. The Bertz CT molecular complexity index is 985. The van der Waals surface area contributed by atoms with Crippen molar-refractivity contribution < 1.29 is 9.18 Å². The lowest BCUT2D eigenvalue weighted by Gasteiger charge is -2.15. The summed E-state index contributed by atoms with van der Waals surface area (Å²) in [6.45, 7) is 0.935. The number of rotatable bonds is 4. The Morgan fingerprint density at radius 1 is 1.33 bits per heavy atom. The Hall–Kier alpha value is -3.00. The van der Waals surface area contributed by atoms with Gasteiger partial charge >= 0.3 is 0 Å². The highest BCUT2D eigenvalue weighted by atomic mass is 19.1. The van der Waals surface area contributed by atoms with E-state index >= 15 is 0 Å². The van der Waals surface area contributed by atoms with E-state index in [2.05, 4.69) is 20.6 Å². The van der Waals surface area contributed by atoms with E-state index in [4.69, 9.17) is 0 Å². The van der Waals surface area contributed by atoms with Gasteiger partial charge in [-0.05, 0) is 24.3 Å².